The summed E-state index contributed by atoms with van der Waals surface area (Å²) in [6.07, 6.45) is 1.09. The van der Waals surface area contributed by atoms with Gasteiger partial charge in [0.2, 0.25) is 0 Å². The summed E-state index contributed by atoms with van der Waals surface area (Å²) >= 11 is 0. The molecule has 0 aromatic heterocycles. The topological polar surface area (TPSA) is 29.3 Å². The first-order chi connectivity index (χ1) is 4.83. The van der Waals surface area contributed by atoms with Crippen LogP contribution in [0.25, 0.3) is 0 Å². The van der Waals surface area contributed by atoms with Gasteiger partial charge in [0.1, 0.15) is 0 Å². The molecule has 0 radical (unpaired) electrons. The largest absolute Gasteiger partial charge is 0.328 e. The Morgan fingerprint density at radius 1 is 1.36 bits per heavy atom. The maximum Gasteiger partial charge on any atom is 0.00272 e. The second-order valence-corrected chi connectivity index (χ2v) is 4.58. The van der Waals surface area contributed by atoms with E-state index in [0.717, 1.165) is 13.0 Å². The van der Waals surface area contributed by atoms with Crippen LogP contribution in [0.1, 0.15) is 27.2 Å². The summed E-state index contributed by atoms with van der Waals surface area (Å²) in [5, 5.41) is 0. The van der Waals surface area contributed by atoms with Gasteiger partial charge in [0.25, 0.3) is 0 Å². The van der Waals surface area contributed by atoms with Crippen molar-refractivity contribution in [3.05, 3.63) is 0 Å². The Balaban J connectivity index is 3.79. The molecule has 0 spiro atoms. The lowest BCUT2D eigenvalue weighted by Crippen LogP contribution is -2.33. The Morgan fingerprint density at radius 2 is 1.82 bits per heavy atom. The molecule has 0 aromatic rings. The lowest BCUT2D eigenvalue weighted by Gasteiger charge is -2.29. The van der Waals surface area contributed by atoms with Gasteiger partial charge in [-0.05, 0) is 32.9 Å². The predicted molar refractivity (Wildman–Crippen MR) is 50.6 cm³/mol. The van der Waals surface area contributed by atoms with Gasteiger partial charge in [-0.25, -0.2) is 0 Å². The number of hydrogen-bond acceptors (Lipinski definition) is 2. The van der Waals surface area contributed by atoms with Crippen molar-refractivity contribution in [2.24, 2.45) is 11.1 Å². The van der Waals surface area contributed by atoms with Gasteiger partial charge >= 0.3 is 0 Å². The summed E-state index contributed by atoms with van der Waals surface area (Å²) in [6.45, 7) is 7.69. The summed E-state index contributed by atoms with van der Waals surface area (Å²) in [6, 6.07) is 0.310. The molecule has 0 amide bonds. The zero-order valence-corrected chi connectivity index (χ0v) is 8.52. The van der Waals surface area contributed by atoms with Crippen LogP contribution < -0.4 is 5.73 Å². The highest BCUT2D eigenvalue weighted by atomic mass is 15.1. The molecule has 0 aliphatic heterocycles. The van der Waals surface area contributed by atoms with Crippen LogP contribution in [0.5, 0.6) is 0 Å². The van der Waals surface area contributed by atoms with Crippen LogP contribution in [0.3, 0.4) is 0 Å². The molecule has 0 heterocycles. The number of hydrogen-bond donors (Lipinski definition) is 1. The van der Waals surface area contributed by atoms with E-state index in [0.29, 0.717) is 11.5 Å². The van der Waals surface area contributed by atoms with Crippen molar-refractivity contribution in [2.45, 2.75) is 33.2 Å². The van der Waals surface area contributed by atoms with Crippen LogP contribution in [0.2, 0.25) is 0 Å². The average molecular weight is 158 g/mol. The average Bonchev–Trinajstić information content (AvgIpc) is 1.53. The van der Waals surface area contributed by atoms with E-state index >= 15 is 0 Å². The zero-order valence-electron chi connectivity index (χ0n) is 8.52. The quantitative estimate of drug-likeness (QED) is 0.668. The van der Waals surface area contributed by atoms with E-state index in [-0.39, 0.29) is 0 Å². The van der Waals surface area contributed by atoms with Crippen LogP contribution in [0, 0.1) is 5.41 Å². The van der Waals surface area contributed by atoms with E-state index in [1.807, 2.05) is 0 Å². The van der Waals surface area contributed by atoms with Gasteiger partial charge in [-0.3, -0.25) is 0 Å². The second kappa shape index (κ2) is 4.07. The third kappa shape index (κ3) is 6.32. The minimum atomic E-state index is 0.310. The van der Waals surface area contributed by atoms with E-state index in [1.165, 1.54) is 0 Å². The van der Waals surface area contributed by atoms with Gasteiger partial charge in [0.15, 0.2) is 0 Å². The Kier molecular flexibility index (Phi) is 4.04. The smallest absolute Gasteiger partial charge is 0.00272 e. The lowest BCUT2D eigenvalue weighted by molar-refractivity contribution is 0.215. The molecular weight excluding hydrogens is 136 g/mol. The van der Waals surface area contributed by atoms with Crippen LogP contribution in [0.15, 0.2) is 0 Å². The standard InChI is InChI=1S/C9H22N2/c1-8(10)6-9(2,3)7-11(4)5/h8H,6-7,10H2,1-5H3. The molecular formula is C9H22N2. The third-order valence-electron chi connectivity index (χ3n) is 1.62. The van der Waals surface area contributed by atoms with Crippen molar-refractivity contribution in [3.63, 3.8) is 0 Å². The summed E-state index contributed by atoms with van der Waals surface area (Å²) in [4.78, 5) is 2.21. The molecule has 0 rings (SSSR count). The molecule has 1 atom stereocenters. The van der Waals surface area contributed by atoms with Gasteiger partial charge in [-0.15, -0.1) is 0 Å². The molecule has 0 bridgehead atoms. The van der Waals surface area contributed by atoms with Crippen molar-refractivity contribution in [2.75, 3.05) is 20.6 Å². The molecule has 0 saturated carbocycles. The highest BCUT2D eigenvalue weighted by Gasteiger charge is 2.19. The highest BCUT2D eigenvalue weighted by Crippen LogP contribution is 2.21. The third-order valence-corrected chi connectivity index (χ3v) is 1.62. The monoisotopic (exact) mass is 158 g/mol. The molecule has 0 aromatic carbocycles. The van der Waals surface area contributed by atoms with Crippen molar-refractivity contribution < 1.29 is 0 Å². The minimum absolute atomic E-state index is 0.310. The van der Waals surface area contributed by atoms with Crippen LogP contribution >= 0.6 is 0 Å². The number of nitrogens with zero attached hydrogens (tertiary/aromatic N) is 1. The summed E-state index contributed by atoms with van der Waals surface area (Å²) in [5.74, 6) is 0. The van der Waals surface area contributed by atoms with Crippen molar-refractivity contribution in [1.82, 2.24) is 4.90 Å². The van der Waals surface area contributed by atoms with Gasteiger partial charge in [-0.2, -0.15) is 0 Å². The first-order valence-electron chi connectivity index (χ1n) is 4.24. The van der Waals surface area contributed by atoms with Gasteiger partial charge < -0.3 is 10.6 Å². The molecule has 0 aliphatic carbocycles. The SMILES string of the molecule is CC(N)CC(C)(C)CN(C)C. The molecule has 2 nitrogen and oxygen atoms in total. The predicted octanol–water partition coefficient (Wildman–Crippen LogP) is 1.31. The van der Waals surface area contributed by atoms with Crippen molar-refractivity contribution >= 4 is 0 Å². The fraction of sp³-hybridized carbons (Fsp3) is 1.00. The maximum atomic E-state index is 5.74. The zero-order chi connectivity index (χ0) is 9.07. The molecule has 68 valence electrons. The normalized spacial score (nSPS) is 15.5. The van der Waals surface area contributed by atoms with E-state index < -0.39 is 0 Å². The highest BCUT2D eigenvalue weighted by molar-refractivity contribution is 4.75. The number of nitrogens with two attached hydrogens (primary N) is 1. The molecule has 0 saturated heterocycles. The van der Waals surface area contributed by atoms with Gasteiger partial charge in [-0.1, -0.05) is 13.8 Å². The van der Waals surface area contributed by atoms with E-state index in [1.54, 1.807) is 0 Å². The first kappa shape index (κ1) is 10.9. The fourth-order valence-electron chi connectivity index (χ4n) is 1.79. The van der Waals surface area contributed by atoms with Crippen molar-refractivity contribution in [1.29, 1.82) is 0 Å². The molecule has 11 heavy (non-hydrogen) atoms. The van der Waals surface area contributed by atoms with E-state index in [4.69, 9.17) is 5.73 Å². The second-order valence-electron chi connectivity index (χ2n) is 4.58. The Labute approximate surface area is 70.8 Å². The molecule has 2 heteroatoms. The molecule has 0 fully saturated rings. The number of rotatable bonds is 4. The summed E-state index contributed by atoms with van der Waals surface area (Å²) < 4.78 is 0. The lowest BCUT2D eigenvalue weighted by atomic mass is 9.86. The maximum absolute atomic E-state index is 5.74. The Bertz CT molecular complexity index is 94.1. The Hall–Kier alpha value is -0.0800. The van der Waals surface area contributed by atoms with E-state index in [9.17, 15) is 0 Å². The van der Waals surface area contributed by atoms with Crippen LogP contribution in [-0.4, -0.2) is 31.6 Å². The first-order valence-corrected chi connectivity index (χ1v) is 4.24. The van der Waals surface area contributed by atoms with Gasteiger partial charge in [0, 0.05) is 12.6 Å². The summed E-state index contributed by atoms with van der Waals surface area (Å²) in [5.41, 5.74) is 6.08. The fourth-order valence-corrected chi connectivity index (χ4v) is 1.79. The molecule has 0 aliphatic rings. The van der Waals surface area contributed by atoms with Crippen molar-refractivity contribution in [3.8, 4) is 0 Å². The van der Waals surface area contributed by atoms with Crippen LogP contribution in [0.4, 0.5) is 0 Å². The van der Waals surface area contributed by atoms with Gasteiger partial charge in [0.05, 0.1) is 0 Å². The van der Waals surface area contributed by atoms with Crippen LogP contribution in [-0.2, 0) is 0 Å². The molecule has 1 unspecified atom stereocenters. The minimum Gasteiger partial charge on any atom is -0.328 e. The van der Waals surface area contributed by atoms with E-state index in [2.05, 4.69) is 39.8 Å². The molecule has 2 N–H and O–H groups in total. The summed E-state index contributed by atoms with van der Waals surface area (Å²) in [7, 11) is 4.20. The Morgan fingerprint density at radius 3 is 2.09 bits per heavy atom.